The van der Waals surface area contributed by atoms with Gasteiger partial charge in [0, 0.05) is 0 Å². The molecule has 76 valence electrons. The Hall–Kier alpha value is -1.69. The van der Waals surface area contributed by atoms with Gasteiger partial charge >= 0.3 is 6.16 Å². The fraction of sp³-hybridized carbons (Fsp3) is 0.364. The number of carbonyl (C=O) groups excluding carboxylic acids is 1. The van der Waals surface area contributed by atoms with Crippen LogP contribution < -0.4 is 0 Å². The van der Waals surface area contributed by atoms with Crippen molar-refractivity contribution < 1.29 is 14.3 Å². The Morgan fingerprint density at radius 1 is 1.07 bits per heavy atom. The number of hydrogen-bond donors (Lipinski definition) is 0. The first kappa shape index (κ1) is 12.3. The molecule has 0 fully saturated rings. The maximum Gasteiger partial charge on any atom is 0.508 e. The summed E-state index contributed by atoms with van der Waals surface area (Å²) in [6, 6.07) is 0. The molecule has 3 nitrogen and oxygen atoms in total. The molecule has 0 aromatic carbocycles. The minimum atomic E-state index is -0.687. The molecule has 0 unspecified atom stereocenters. The van der Waals surface area contributed by atoms with Gasteiger partial charge in [0.15, 0.2) is 0 Å². The van der Waals surface area contributed by atoms with Crippen LogP contribution in [0.1, 0.15) is 13.8 Å². The summed E-state index contributed by atoms with van der Waals surface area (Å²) >= 11 is 0. The van der Waals surface area contributed by atoms with Crippen molar-refractivity contribution in [2.24, 2.45) is 0 Å². The normalized spacial score (nSPS) is 7.57. The number of hydrogen-bond acceptors (Lipinski definition) is 3. The predicted molar refractivity (Wildman–Crippen MR) is 54.0 cm³/mol. The summed E-state index contributed by atoms with van der Waals surface area (Å²) < 4.78 is 9.33. The molecule has 0 aromatic heterocycles. The summed E-state index contributed by atoms with van der Waals surface area (Å²) in [6.45, 7) is 4.01. The molecule has 0 aromatic rings. The Balaban J connectivity index is 3.56. The molecule has 0 aliphatic rings. The highest BCUT2D eigenvalue weighted by Crippen LogP contribution is 1.86. The monoisotopic (exact) mass is 194 g/mol. The van der Waals surface area contributed by atoms with Gasteiger partial charge in [-0.1, -0.05) is 0 Å². The van der Waals surface area contributed by atoms with Crippen LogP contribution in [0.25, 0.3) is 0 Å². The highest BCUT2D eigenvalue weighted by molar-refractivity contribution is 5.60. The van der Waals surface area contributed by atoms with E-state index < -0.39 is 6.16 Å². The van der Waals surface area contributed by atoms with E-state index in [9.17, 15) is 4.79 Å². The van der Waals surface area contributed by atoms with Gasteiger partial charge in [-0.2, -0.15) is 0 Å². The van der Waals surface area contributed by atoms with Gasteiger partial charge in [0.25, 0.3) is 0 Å². The molecule has 0 rings (SSSR count). The third-order valence-corrected chi connectivity index (χ3v) is 1.14. The van der Waals surface area contributed by atoms with E-state index in [0.29, 0.717) is 0 Å². The molecule has 0 saturated carbocycles. The average molecular weight is 194 g/mol. The number of rotatable bonds is 4. The molecule has 0 aliphatic carbocycles. The summed E-state index contributed by atoms with van der Waals surface area (Å²) in [5, 5.41) is 0. The van der Waals surface area contributed by atoms with E-state index in [1.807, 2.05) is 13.8 Å². The molecular formula is C11H14O3. The Kier molecular flexibility index (Phi) is 8.26. The van der Waals surface area contributed by atoms with Crippen molar-refractivity contribution in [2.75, 3.05) is 13.2 Å². The van der Waals surface area contributed by atoms with Crippen LogP contribution in [0.15, 0.2) is 35.8 Å². The van der Waals surface area contributed by atoms with Crippen molar-refractivity contribution >= 4 is 6.16 Å². The molecule has 3 heteroatoms. The van der Waals surface area contributed by atoms with Crippen LogP contribution in [0.4, 0.5) is 4.79 Å². The zero-order valence-electron chi connectivity index (χ0n) is 8.45. The van der Waals surface area contributed by atoms with E-state index in [4.69, 9.17) is 0 Å². The van der Waals surface area contributed by atoms with E-state index in [1.54, 1.807) is 24.3 Å². The van der Waals surface area contributed by atoms with Crippen LogP contribution in [0.3, 0.4) is 0 Å². The van der Waals surface area contributed by atoms with Crippen LogP contribution >= 0.6 is 0 Å². The maximum absolute atomic E-state index is 10.8. The molecule has 14 heavy (non-hydrogen) atoms. The van der Waals surface area contributed by atoms with Crippen LogP contribution in [-0.2, 0) is 9.47 Å². The quantitative estimate of drug-likeness (QED) is 0.509. The van der Waals surface area contributed by atoms with Gasteiger partial charge in [-0.3, -0.25) is 0 Å². The highest BCUT2D eigenvalue weighted by atomic mass is 16.7. The van der Waals surface area contributed by atoms with Gasteiger partial charge < -0.3 is 9.47 Å². The molecule has 0 bridgehead atoms. The van der Waals surface area contributed by atoms with Crippen LogP contribution in [0.5, 0.6) is 0 Å². The van der Waals surface area contributed by atoms with Crippen molar-refractivity contribution in [2.45, 2.75) is 13.8 Å². The van der Waals surface area contributed by atoms with Crippen LogP contribution in [0, 0.1) is 0 Å². The Morgan fingerprint density at radius 3 is 1.86 bits per heavy atom. The molecule has 0 N–H and O–H groups in total. The molecule has 0 amide bonds. The first-order valence-electron chi connectivity index (χ1n) is 4.32. The second-order valence-electron chi connectivity index (χ2n) is 2.19. The topological polar surface area (TPSA) is 35.5 Å². The Bertz CT molecular complexity index is 249. The first-order valence-corrected chi connectivity index (χ1v) is 4.32. The van der Waals surface area contributed by atoms with E-state index >= 15 is 0 Å². The predicted octanol–water partition coefficient (Wildman–Crippen LogP) is 2.60. The fourth-order valence-electron chi connectivity index (χ4n) is 0.593. The lowest BCUT2D eigenvalue weighted by atomic mass is 10.6. The second-order valence-corrected chi connectivity index (χ2v) is 2.19. The summed E-state index contributed by atoms with van der Waals surface area (Å²) in [7, 11) is 0. The minimum absolute atomic E-state index is 0.177. The van der Waals surface area contributed by atoms with Crippen molar-refractivity contribution in [3.8, 4) is 0 Å². The van der Waals surface area contributed by atoms with Crippen molar-refractivity contribution in [1.29, 1.82) is 0 Å². The fourth-order valence-corrected chi connectivity index (χ4v) is 0.593. The van der Waals surface area contributed by atoms with E-state index in [0.717, 1.165) is 0 Å². The molecule has 0 spiro atoms. The van der Waals surface area contributed by atoms with Gasteiger partial charge in [-0.15, -0.1) is 11.5 Å². The molecule has 0 saturated heterocycles. The van der Waals surface area contributed by atoms with Gasteiger partial charge in [0.2, 0.25) is 0 Å². The third kappa shape index (κ3) is 8.41. The van der Waals surface area contributed by atoms with Gasteiger partial charge in [-0.25, -0.2) is 4.79 Å². The van der Waals surface area contributed by atoms with Crippen molar-refractivity contribution in [1.82, 2.24) is 0 Å². The largest absolute Gasteiger partial charge is 0.508 e. The number of carbonyl (C=O) groups is 1. The molecule has 0 atom stereocenters. The second kappa shape index (κ2) is 9.40. The van der Waals surface area contributed by atoms with Crippen LogP contribution in [-0.4, -0.2) is 19.4 Å². The smallest absolute Gasteiger partial charge is 0.429 e. The summed E-state index contributed by atoms with van der Waals surface area (Å²) in [4.78, 5) is 10.8. The molecule has 0 aliphatic heterocycles. The maximum atomic E-state index is 10.8. The molecular weight excluding hydrogens is 180 g/mol. The Morgan fingerprint density at radius 2 is 1.50 bits per heavy atom. The zero-order valence-corrected chi connectivity index (χ0v) is 8.45. The van der Waals surface area contributed by atoms with E-state index in [1.165, 1.54) is 0 Å². The lowest BCUT2D eigenvalue weighted by molar-refractivity contribution is 0.0718. The average Bonchev–Trinajstić information content (AvgIpc) is 2.19. The van der Waals surface area contributed by atoms with E-state index in [2.05, 4.69) is 20.9 Å². The third-order valence-electron chi connectivity index (χ3n) is 1.14. The highest BCUT2D eigenvalue weighted by Gasteiger charge is 1.98. The van der Waals surface area contributed by atoms with Crippen LogP contribution in [0.2, 0.25) is 0 Å². The Labute approximate surface area is 84.0 Å². The molecule has 0 radical (unpaired) electrons. The SMILES string of the molecule is CC=C=CCOC(=O)OCC=C=CC. The minimum Gasteiger partial charge on any atom is -0.429 e. The molecule has 0 heterocycles. The van der Waals surface area contributed by atoms with Gasteiger partial charge in [0.05, 0.1) is 0 Å². The van der Waals surface area contributed by atoms with Crippen molar-refractivity contribution in [3.63, 3.8) is 0 Å². The summed E-state index contributed by atoms with van der Waals surface area (Å²) in [6.07, 6.45) is 5.97. The standard InChI is InChI=1S/C11H14O3/c1-3-5-7-9-13-11(12)14-10-8-6-4-2/h3-4,7-8H,9-10H2,1-2H3. The summed E-state index contributed by atoms with van der Waals surface area (Å²) in [5.74, 6) is 0. The lowest BCUT2D eigenvalue weighted by Crippen LogP contribution is -2.06. The van der Waals surface area contributed by atoms with E-state index in [-0.39, 0.29) is 13.2 Å². The van der Waals surface area contributed by atoms with Crippen molar-refractivity contribution in [3.05, 3.63) is 35.8 Å². The number of ether oxygens (including phenoxy) is 2. The zero-order chi connectivity index (χ0) is 10.6. The van der Waals surface area contributed by atoms with Gasteiger partial charge in [0.1, 0.15) is 13.2 Å². The summed E-state index contributed by atoms with van der Waals surface area (Å²) in [5.41, 5.74) is 5.54. The lowest BCUT2D eigenvalue weighted by Gasteiger charge is -1.99. The first-order chi connectivity index (χ1) is 6.81. The van der Waals surface area contributed by atoms with Gasteiger partial charge in [-0.05, 0) is 38.2 Å².